The molecule has 0 saturated heterocycles. The highest BCUT2D eigenvalue weighted by Gasteiger charge is 2.59. The van der Waals surface area contributed by atoms with Gasteiger partial charge in [0.2, 0.25) is 0 Å². The van der Waals surface area contributed by atoms with Crippen molar-refractivity contribution in [2.45, 2.75) is 187 Å². The molecule has 36 heavy (non-hydrogen) atoms. The molecule has 2 nitrogen and oxygen atoms in total. The summed E-state index contributed by atoms with van der Waals surface area (Å²) in [6.45, 7) is 4.63. The van der Waals surface area contributed by atoms with Crippen LogP contribution < -0.4 is 0 Å². The van der Waals surface area contributed by atoms with Crippen molar-refractivity contribution in [3.63, 3.8) is 0 Å². The normalized spacial score (nSPS) is 29.3. The van der Waals surface area contributed by atoms with E-state index in [4.69, 9.17) is 0 Å². The van der Waals surface area contributed by atoms with Gasteiger partial charge in [0.15, 0.2) is 0 Å². The summed E-state index contributed by atoms with van der Waals surface area (Å²) < 4.78 is 0. The second-order valence-electron chi connectivity index (χ2n) is 13.6. The lowest BCUT2D eigenvalue weighted by atomic mass is 9.46. The van der Waals surface area contributed by atoms with E-state index in [0.717, 1.165) is 31.6 Å². The molecule has 3 aliphatic rings. The molecule has 0 spiro atoms. The lowest BCUT2D eigenvalue weighted by Gasteiger charge is -2.58. The Balaban J connectivity index is 1.72. The Morgan fingerprint density at radius 2 is 1.11 bits per heavy atom. The van der Waals surface area contributed by atoms with Gasteiger partial charge in [-0.25, -0.2) is 0 Å². The summed E-state index contributed by atoms with van der Waals surface area (Å²) in [6.07, 6.45) is 35.1. The van der Waals surface area contributed by atoms with Gasteiger partial charge >= 0.3 is 5.97 Å². The average Bonchev–Trinajstić information content (AvgIpc) is 2.92. The maximum absolute atomic E-state index is 13.1. The highest BCUT2D eigenvalue weighted by molar-refractivity contribution is 5.76. The van der Waals surface area contributed by atoms with Crippen molar-refractivity contribution in [2.24, 2.45) is 22.2 Å². The van der Waals surface area contributed by atoms with Crippen LogP contribution in [0.1, 0.15) is 187 Å². The Kier molecular flexibility index (Phi) is 12.6. The molecule has 0 atom stereocenters. The van der Waals surface area contributed by atoms with E-state index >= 15 is 0 Å². The number of carboxylic acid groups (broad SMARTS) is 1. The highest BCUT2D eigenvalue weighted by Crippen LogP contribution is 2.64. The zero-order chi connectivity index (χ0) is 25.7. The summed E-state index contributed by atoms with van der Waals surface area (Å²) in [5, 5.41) is 10.8. The average molecular weight is 503 g/mol. The Hall–Kier alpha value is -0.530. The summed E-state index contributed by atoms with van der Waals surface area (Å²) >= 11 is 0. The molecule has 0 radical (unpaired) electrons. The molecular formula is C34H62O2. The molecule has 3 rings (SSSR count). The number of hydrogen-bond donors (Lipinski definition) is 1. The van der Waals surface area contributed by atoms with E-state index < -0.39 is 11.4 Å². The van der Waals surface area contributed by atoms with Gasteiger partial charge in [0.25, 0.3) is 0 Å². The van der Waals surface area contributed by atoms with E-state index in [0.29, 0.717) is 5.41 Å². The van der Waals surface area contributed by atoms with Crippen molar-refractivity contribution in [1.29, 1.82) is 0 Å². The van der Waals surface area contributed by atoms with E-state index in [2.05, 4.69) is 13.8 Å². The summed E-state index contributed by atoms with van der Waals surface area (Å²) in [4.78, 5) is 13.1. The van der Waals surface area contributed by atoms with Crippen LogP contribution in [0.5, 0.6) is 0 Å². The Morgan fingerprint density at radius 3 is 1.69 bits per heavy atom. The van der Waals surface area contributed by atoms with E-state index in [1.807, 2.05) is 0 Å². The zero-order valence-corrected chi connectivity index (χ0v) is 24.5. The quantitative estimate of drug-likeness (QED) is 0.213. The Labute approximate surface area is 225 Å². The minimum atomic E-state index is -0.436. The van der Waals surface area contributed by atoms with Crippen molar-refractivity contribution < 1.29 is 9.90 Å². The van der Waals surface area contributed by atoms with Crippen LogP contribution in [0.4, 0.5) is 0 Å². The van der Waals surface area contributed by atoms with Gasteiger partial charge in [-0.05, 0) is 81.0 Å². The second kappa shape index (κ2) is 15.2. The largest absolute Gasteiger partial charge is 0.481 e. The molecule has 210 valence electrons. The number of carboxylic acids is 1. The molecule has 0 amide bonds. The zero-order valence-electron chi connectivity index (χ0n) is 24.5. The summed E-state index contributed by atoms with van der Waals surface area (Å²) in [7, 11) is 0. The highest BCUT2D eigenvalue weighted by atomic mass is 16.4. The fourth-order valence-corrected chi connectivity index (χ4v) is 9.22. The second-order valence-corrected chi connectivity index (χ2v) is 13.6. The van der Waals surface area contributed by atoms with Crippen molar-refractivity contribution in [3.8, 4) is 0 Å². The minimum absolute atomic E-state index is 0.0599. The first kappa shape index (κ1) is 30.0. The van der Waals surface area contributed by atoms with Crippen LogP contribution in [-0.2, 0) is 4.79 Å². The van der Waals surface area contributed by atoms with Crippen LogP contribution in [0.15, 0.2) is 0 Å². The van der Waals surface area contributed by atoms with Gasteiger partial charge in [0.05, 0.1) is 5.41 Å². The van der Waals surface area contributed by atoms with Gasteiger partial charge in [-0.15, -0.1) is 0 Å². The van der Waals surface area contributed by atoms with Crippen molar-refractivity contribution in [1.82, 2.24) is 0 Å². The third kappa shape index (κ3) is 7.31. The fraction of sp³-hybridized carbons (Fsp3) is 0.971. The third-order valence-corrected chi connectivity index (χ3v) is 11.6. The van der Waals surface area contributed by atoms with Gasteiger partial charge in [-0.3, -0.25) is 4.79 Å². The molecule has 3 fully saturated rings. The van der Waals surface area contributed by atoms with Gasteiger partial charge in [0.1, 0.15) is 0 Å². The standard InChI is InChI=1S/C34H62O2/c1-3-5-7-8-9-10-11-17-23-33(34(31(35)36)24-18-13-19-25-34)28-26-32(27-29-33,22-16-6-4-2)30-20-14-12-15-21-30/h30H,3-29H2,1-2H3,(H,35,36). The molecule has 0 bridgehead atoms. The Morgan fingerprint density at radius 1 is 0.611 bits per heavy atom. The molecular weight excluding hydrogens is 440 g/mol. The van der Waals surface area contributed by atoms with E-state index in [9.17, 15) is 9.90 Å². The van der Waals surface area contributed by atoms with Crippen LogP contribution >= 0.6 is 0 Å². The molecule has 3 saturated carbocycles. The lowest BCUT2D eigenvalue weighted by molar-refractivity contribution is -0.171. The number of unbranched alkanes of at least 4 members (excludes halogenated alkanes) is 9. The van der Waals surface area contributed by atoms with Gasteiger partial charge in [0, 0.05) is 0 Å². The van der Waals surface area contributed by atoms with Gasteiger partial charge in [-0.2, -0.15) is 0 Å². The van der Waals surface area contributed by atoms with Crippen molar-refractivity contribution in [2.75, 3.05) is 0 Å². The van der Waals surface area contributed by atoms with Crippen LogP contribution in [0, 0.1) is 22.2 Å². The summed E-state index contributed by atoms with van der Waals surface area (Å²) in [6, 6.07) is 0. The van der Waals surface area contributed by atoms with Crippen LogP contribution in [0.25, 0.3) is 0 Å². The topological polar surface area (TPSA) is 37.3 Å². The molecule has 0 aromatic rings. The summed E-state index contributed by atoms with van der Waals surface area (Å²) in [5.74, 6) is 0.481. The molecule has 3 aliphatic carbocycles. The first-order chi connectivity index (χ1) is 17.5. The van der Waals surface area contributed by atoms with Gasteiger partial charge in [-0.1, -0.05) is 123 Å². The molecule has 0 heterocycles. The third-order valence-electron chi connectivity index (χ3n) is 11.6. The van der Waals surface area contributed by atoms with Gasteiger partial charge < -0.3 is 5.11 Å². The fourth-order valence-electron chi connectivity index (χ4n) is 9.22. The molecule has 2 heteroatoms. The summed E-state index contributed by atoms with van der Waals surface area (Å²) in [5.41, 5.74) is 0.144. The van der Waals surface area contributed by atoms with E-state index in [1.165, 1.54) is 148 Å². The molecule has 0 aliphatic heterocycles. The number of hydrogen-bond acceptors (Lipinski definition) is 1. The van der Waals surface area contributed by atoms with Crippen LogP contribution in [-0.4, -0.2) is 11.1 Å². The maximum Gasteiger partial charge on any atom is 0.310 e. The molecule has 0 unspecified atom stereocenters. The SMILES string of the molecule is CCCCCCCCCCC1(C2(C(=O)O)CCCCC2)CCC(CCCCC)(C2CCCCC2)CC1. The maximum atomic E-state index is 13.1. The van der Waals surface area contributed by atoms with Crippen LogP contribution in [0.3, 0.4) is 0 Å². The predicted octanol–water partition coefficient (Wildman–Crippen LogP) is 11.3. The number of carbonyl (C=O) groups is 1. The molecule has 0 aromatic heterocycles. The van der Waals surface area contributed by atoms with Crippen LogP contribution in [0.2, 0.25) is 0 Å². The smallest absolute Gasteiger partial charge is 0.310 e. The first-order valence-electron chi connectivity index (χ1n) is 16.8. The minimum Gasteiger partial charge on any atom is -0.481 e. The lowest BCUT2D eigenvalue weighted by Crippen LogP contribution is -2.53. The monoisotopic (exact) mass is 502 g/mol. The number of aliphatic carboxylic acids is 1. The molecule has 0 aromatic carbocycles. The first-order valence-corrected chi connectivity index (χ1v) is 16.8. The molecule has 1 N–H and O–H groups in total. The number of rotatable bonds is 16. The van der Waals surface area contributed by atoms with Crippen molar-refractivity contribution >= 4 is 5.97 Å². The Bertz CT molecular complexity index is 603. The van der Waals surface area contributed by atoms with E-state index in [1.54, 1.807) is 0 Å². The van der Waals surface area contributed by atoms with E-state index in [-0.39, 0.29) is 5.41 Å². The predicted molar refractivity (Wildman–Crippen MR) is 154 cm³/mol. The van der Waals surface area contributed by atoms with Crippen molar-refractivity contribution in [3.05, 3.63) is 0 Å².